The molecule has 0 aliphatic heterocycles. The van der Waals surface area contributed by atoms with Crippen molar-refractivity contribution in [3.8, 4) is 0 Å². The van der Waals surface area contributed by atoms with Crippen LogP contribution in [0.5, 0.6) is 0 Å². The van der Waals surface area contributed by atoms with E-state index in [2.05, 4.69) is 10.3 Å². The number of halogens is 2. The molecule has 5 nitrogen and oxygen atoms in total. The predicted octanol–water partition coefficient (Wildman–Crippen LogP) is 3.62. The minimum atomic E-state index is -0.626. The molecule has 20 heavy (non-hydrogen) atoms. The van der Waals surface area contributed by atoms with Gasteiger partial charge in [-0.2, -0.15) is 0 Å². The van der Waals surface area contributed by atoms with Crippen molar-refractivity contribution in [2.75, 3.05) is 19.5 Å². The lowest BCUT2D eigenvalue weighted by molar-refractivity contribution is -0.123. The molecule has 0 atom stereocenters. The van der Waals surface area contributed by atoms with E-state index in [4.69, 9.17) is 21.1 Å². The number of carbonyl (C=O) groups excluding carboxylic acids is 1. The first-order chi connectivity index (χ1) is 9.20. The summed E-state index contributed by atoms with van der Waals surface area (Å²) in [5, 5.41) is 3.01. The standard InChI is InChI=1S/C13H18ClIN2O3/c1-13(2,3)12(18)17-9-7(11(19-4)20-5)6-8(15)16-10(9)14/h6,11H,1-5H3,(H,17,18). The summed E-state index contributed by atoms with van der Waals surface area (Å²) in [5.41, 5.74) is 0.511. The molecule has 0 aromatic carbocycles. The van der Waals surface area contributed by atoms with Crippen LogP contribution in [0.25, 0.3) is 0 Å². The van der Waals surface area contributed by atoms with Gasteiger partial charge in [-0.05, 0) is 28.7 Å². The number of methoxy groups -OCH3 is 2. The van der Waals surface area contributed by atoms with Gasteiger partial charge in [0.2, 0.25) is 5.91 Å². The second-order valence-electron chi connectivity index (χ2n) is 5.21. The van der Waals surface area contributed by atoms with Crippen molar-refractivity contribution in [1.29, 1.82) is 0 Å². The van der Waals surface area contributed by atoms with Crippen LogP contribution >= 0.6 is 34.2 Å². The van der Waals surface area contributed by atoms with Crippen molar-refractivity contribution < 1.29 is 14.3 Å². The van der Waals surface area contributed by atoms with Crippen LogP contribution in [-0.2, 0) is 14.3 Å². The molecule has 1 aromatic heterocycles. The minimum Gasteiger partial charge on any atom is -0.352 e. The molecule has 112 valence electrons. The second kappa shape index (κ2) is 7.02. The third kappa shape index (κ3) is 4.28. The third-order valence-corrected chi connectivity index (χ3v) is 3.40. The van der Waals surface area contributed by atoms with Gasteiger partial charge in [0.05, 0.1) is 5.69 Å². The first-order valence-electron chi connectivity index (χ1n) is 5.93. The van der Waals surface area contributed by atoms with Gasteiger partial charge >= 0.3 is 0 Å². The normalized spacial score (nSPS) is 11.8. The summed E-state index contributed by atoms with van der Waals surface area (Å²) in [6, 6.07) is 1.77. The van der Waals surface area contributed by atoms with E-state index in [0.717, 1.165) is 0 Å². The van der Waals surface area contributed by atoms with Crippen molar-refractivity contribution in [2.24, 2.45) is 5.41 Å². The smallest absolute Gasteiger partial charge is 0.229 e. The Morgan fingerprint density at radius 1 is 1.40 bits per heavy atom. The molecular formula is C13H18ClIN2O3. The highest BCUT2D eigenvalue weighted by Gasteiger charge is 2.26. The molecule has 1 heterocycles. The van der Waals surface area contributed by atoms with Crippen LogP contribution in [0.3, 0.4) is 0 Å². The van der Waals surface area contributed by atoms with Crippen molar-refractivity contribution in [3.63, 3.8) is 0 Å². The SMILES string of the molecule is COC(OC)c1cc(I)nc(Cl)c1NC(=O)C(C)(C)C. The fourth-order valence-electron chi connectivity index (χ4n) is 1.46. The van der Waals surface area contributed by atoms with Crippen LogP contribution in [0.1, 0.15) is 32.6 Å². The van der Waals surface area contributed by atoms with Crippen LogP contribution in [0.2, 0.25) is 5.15 Å². The molecule has 0 aliphatic rings. The summed E-state index contributed by atoms with van der Waals surface area (Å²) in [6.07, 6.45) is -0.626. The van der Waals surface area contributed by atoms with E-state index >= 15 is 0 Å². The fraction of sp³-hybridized carbons (Fsp3) is 0.538. The predicted molar refractivity (Wildman–Crippen MR) is 86.8 cm³/mol. The third-order valence-electron chi connectivity index (χ3n) is 2.58. The summed E-state index contributed by atoms with van der Waals surface area (Å²) in [5.74, 6) is -0.158. The molecule has 0 spiro atoms. The number of aromatic nitrogens is 1. The summed E-state index contributed by atoms with van der Waals surface area (Å²) in [4.78, 5) is 16.3. The zero-order valence-corrected chi connectivity index (χ0v) is 15.0. The number of anilines is 1. The van der Waals surface area contributed by atoms with E-state index in [1.54, 1.807) is 6.07 Å². The highest BCUT2D eigenvalue weighted by Crippen LogP contribution is 2.33. The maximum absolute atomic E-state index is 12.1. The second-order valence-corrected chi connectivity index (χ2v) is 6.67. The number of amides is 1. The number of pyridine rings is 1. The van der Waals surface area contributed by atoms with Crippen molar-refractivity contribution in [3.05, 3.63) is 20.5 Å². The molecule has 0 radical (unpaired) electrons. The Morgan fingerprint density at radius 3 is 2.40 bits per heavy atom. The van der Waals surface area contributed by atoms with Gasteiger partial charge in [-0.25, -0.2) is 4.98 Å². The van der Waals surface area contributed by atoms with Gasteiger partial charge in [0.25, 0.3) is 0 Å². The summed E-state index contributed by atoms with van der Waals surface area (Å²) >= 11 is 8.19. The Hall–Kier alpha value is -0.440. The van der Waals surface area contributed by atoms with Gasteiger partial charge in [-0.1, -0.05) is 32.4 Å². The minimum absolute atomic E-state index is 0.158. The van der Waals surface area contributed by atoms with Gasteiger partial charge in [0.15, 0.2) is 11.4 Å². The molecule has 1 aromatic rings. The monoisotopic (exact) mass is 412 g/mol. The Labute approximate surface area is 137 Å². The Kier molecular flexibility index (Phi) is 6.18. The number of rotatable bonds is 4. The summed E-state index contributed by atoms with van der Waals surface area (Å²) in [6.45, 7) is 5.46. The molecule has 0 aliphatic carbocycles. The van der Waals surface area contributed by atoms with Gasteiger partial charge in [-0.15, -0.1) is 0 Å². The van der Waals surface area contributed by atoms with E-state index < -0.39 is 11.7 Å². The largest absolute Gasteiger partial charge is 0.352 e. The Morgan fingerprint density at radius 2 is 1.95 bits per heavy atom. The van der Waals surface area contributed by atoms with E-state index in [9.17, 15) is 4.79 Å². The first-order valence-corrected chi connectivity index (χ1v) is 7.39. The number of nitrogens with one attached hydrogen (secondary N) is 1. The molecule has 1 N–H and O–H groups in total. The topological polar surface area (TPSA) is 60.5 Å². The zero-order chi connectivity index (χ0) is 15.5. The number of ether oxygens (including phenoxy) is 2. The van der Waals surface area contributed by atoms with Gasteiger partial charge in [0.1, 0.15) is 3.70 Å². The van der Waals surface area contributed by atoms with Crippen LogP contribution < -0.4 is 5.32 Å². The highest BCUT2D eigenvalue weighted by molar-refractivity contribution is 14.1. The molecule has 7 heteroatoms. The highest BCUT2D eigenvalue weighted by atomic mass is 127. The fourth-order valence-corrected chi connectivity index (χ4v) is 2.43. The maximum atomic E-state index is 12.1. The van der Waals surface area contributed by atoms with E-state index in [1.807, 2.05) is 43.4 Å². The van der Waals surface area contributed by atoms with E-state index in [1.165, 1.54) is 14.2 Å². The van der Waals surface area contributed by atoms with Crippen LogP contribution in [-0.4, -0.2) is 25.1 Å². The lowest BCUT2D eigenvalue weighted by Gasteiger charge is -2.22. The Bertz CT molecular complexity index is 499. The van der Waals surface area contributed by atoms with Crippen molar-refractivity contribution in [1.82, 2.24) is 4.98 Å². The van der Waals surface area contributed by atoms with Crippen molar-refractivity contribution >= 4 is 45.8 Å². The van der Waals surface area contributed by atoms with Crippen LogP contribution in [0.4, 0.5) is 5.69 Å². The Balaban J connectivity index is 3.27. The quantitative estimate of drug-likeness (QED) is 0.466. The average Bonchev–Trinajstić information content (AvgIpc) is 2.33. The molecule has 0 saturated carbocycles. The van der Waals surface area contributed by atoms with Crippen LogP contribution in [0.15, 0.2) is 6.07 Å². The summed E-state index contributed by atoms with van der Waals surface area (Å²) < 4.78 is 11.2. The number of hydrogen-bond donors (Lipinski definition) is 1. The average molecular weight is 413 g/mol. The maximum Gasteiger partial charge on any atom is 0.229 e. The molecule has 0 unspecified atom stereocenters. The number of carbonyl (C=O) groups is 1. The first kappa shape index (κ1) is 17.6. The molecule has 0 bridgehead atoms. The van der Waals surface area contributed by atoms with E-state index in [-0.39, 0.29) is 11.1 Å². The van der Waals surface area contributed by atoms with Gasteiger partial charge in [-0.3, -0.25) is 4.79 Å². The molecule has 1 amide bonds. The number of hydrogen-bond acceptors (Lipinski definition) is 4. The van der Waals surface area contributed by atoms with Gasteiger partial charge < -0.3 is 14.8 Å². The van der Waals surface area contributed by atoms with Gasteiger partial charge in [0, 0.05) is 25.2 Å². The number of nitrogens with zero attached hydrogens (tertiary/aromatic N) is 1. The lowest BCUT2D eigenvalue weighted by Crippen LogP contribution is -2.28. The summed E-state index contributed by atoms with van der Waals surface area (Å²) in [7, 11) is 3.04. The van der Waals surface area contributed by atoms with Crippen LogP contribution in [0, 0.1) is 9.12 Å². The molecule has 0 saturated heterocycles. The molecule has 1 rings (SSSR count). The molecular weight excluding hydrogens is 395 g/mol. The zero-order valence-electron chi connectivity index (χ0n) is 12.1. The van der Waals surface area contributed by atoms with E-state index in [0.29, 0.717) is 15.0 Å². The lowest BCUT2D eigenvalue weighted by atomic mass is 9.95. The van der Waals surface area contributed by atoms with Crippen molar-refractivity contribution in [2.45, 2.75) is 27.1 Å². The molecule has 0 fully saturated rings.